The lowest BCUT2D eigenvalue weighted by Gasteiger charge is -2.30. The van der Waals surface area contributed by atoms with Crippen molar-refractivity contribution in [3.63, 3.8) is 0 Å². The van der Waals surface area contributed by atoms with E-state index in [1.54, 1.807) is 29.3 Å². The van der Waals surface area contributed by atoms with Crippen LogP contribution >= 0.6 is 11.6 Å². The molecule has 1 aliphatic heterocycles. The number of aryl methyl sites for hydroxylation is 2. The van der Waals surface area contributed by atoms with Crippen LogP contribution in [0.15, 0.2) is 51.8 Å². The summed E-state index contributed by atoms with van der Waals surface area (Å²) >= 11 is 6.22. The number of nitrogens with zero attached hydrogens (tertiary/aromatic N) is 5. The Morgan fingerprint density at radius 3 is 2.62 bits per heavy atom. The second-order valence-electron chi connectivity index (χ2n) is 8.64. The average Bonchev–Trinajstić information content (AvgIpc) is 3.38. The third-order valence-electron chi connectivity index (χ3n) is 6.44. The molecule has 0 atom stereocenters. The quantitative estimate of drug-likeness (QED) is 0.470. The monoisotopic (exact) mass is 480 g/mol. The minimum atomic E-state index is -0.0916. The molecule has 1 fully saturated rings. The third-order valence-corrected chi connectivity index (χ3v) is 6.77. The van der Waals surface area contributed by atoms with Crippen molar-refractivity contribution in [1.82, 2.24) is 24.2 Å². The minimum absolute atomic E-state index is 0.00118. The van der Waals surface area contributed by atoms with Gasteiger partial charge in [-0.2, -0.15) is 4.98 Å². The van der Waals surface area contributed by atoms with E-state index in [1.807, 2.05) is 36.4 Å². The summed E-state index contributed by atoms with van der Waals surface area (Å²) < 4.78 is 8.59. The van der Waals surface area contributed by atoms with E-state index >= 15 is 0 Å². The topological polar surface area (TPSA) is 98.2 Å². The summed E-state index contributed by atoms with van der Waals surface area (Å²) in [6.45, 7) is 2.05. The fourth-order valence-corrected chi connectivity index (χ4v) is 4.66. The number of anilines is 1. The number of amides is 1. The van der Waals surface area contributed by atoms with Crippen LogP contribution < -0.4 is 11.0 Å². The summed E-state index contributed by atoms with van der Waals surface area (Å²) in [6, 6.07) is 12.9. The van der Waals surface area contributed by atoms with Gasteiger partial charge in [0.2, 0.25) is 17.6 Å². The van der Waals surface area contributed by atoms with Crippen LogP contribution in [0.2, 0.25) is 5.02 Å². The molecule has 0 unspecified atom stereocenters. The number of halogens is 1. The summed E-state index contributed by atoms with van der Waals surface area (Å²) in [7, 11) is 3.47. The molecule has 0 spiro atoms. The summed E-state index contributed by atoms with van der Waals surface area (Å²) in [5.74, 6) is 0.925. The largest absolute Gasteiger partial charge is 0.338 e. The zero-order valence-electron chi connectivity index (χ0n) is 19.0. The first kappa shape index (κ1) is 22.4. The minimum Gasteiger partial charge on any atom is -0.338 e. The zero-order chi connectivity index (χ0) is 23.8. The molecule has 0 saturated carbocycles. The number of hydrogen-bond acceptors (Lipinski definition) is 6. The molecule has 9 nitrogen and oxygen atoms in total. The zero-order valence-corrected chi connectivity index (χ0v) is 19.7. The molecule has 0 aliphatic carbocycles. The van der Waals surface area contributed by atoms with Crippen molar-refractivity contribution in [2.24, 2.45) is 20.0 Å². The molecule has 2 aromatic carbocycles. The number of likely N-dealkylation sites (tertiary alicyclic amines) is 1. The van der Waals surface area contributed by atoms with Crippen molar-refractivity contribution >= 4 is 34.2 Å². The Hall–Kier alpha value is -3.43. The summed E-state index contributed by atoms with van der Waals surface area (Å²) in [4.78, 5) is 31.7. The molecular weight excluding hydrogens is 456 g/mol. The molecule has 34 heavy (non-hydrogen) atoms. The Bertz CT molecular complexity index is 1410. The first-order chi connectivity index (χ1) is 16.4. The van der Waals surface area contributed by atoms with E-state index in [4.69, 9.17) is 16.1 Å². The van der Waals surface area contributed by atoms with Crippen LogP contribution in [-0.4, -0.2) is 43.2 Å². The number of piperidine rings is 1. The fourth-order valence-electron chi connectivity index (χ4n) is 4.44. The second kappa shape index (κ2) is 9.08. The maximum Gasteiger partial charge on any atom is 0.328 e. The number of imidazole rings is 1. The van der Waals surface area contributed by atoms with Crippen LogP contribution in [0.3, 0.4) is 0 Å². The lowest BCUT2D eigenvalue weighted by atomic mass is 9.96. The molecular formula is C24H25ClN6O3. The highest BCUT2D eigenvalue weighted by Gasteiger charge is 2.26. The number of hydrogen-bond donors (Lipinski definition) is 1. The standard InChI is InChI=1S/C24H25ClN6O3/c1-29-19-8-7-16(13-20(19)30(2)24(29)33)26-23(32)15-9-11-31(12-10-15)14-21-27-22(28-34-21)17-5-3-4-6-18(17)25/h3-8,13,15H,9-12,14H2,1-2H3,(H,26,32). The van der Waals surface area contributed by atoms with Crippen molar-refractivity contribution < 1.29 is 9.32 Å². The molecule has 2 aromatic heterocycles. The van der Waals surface area contributed by atoms with E-state index in [0.717, 1.165) is 42.5 Å². The van der Waals surface area contributed by atoms with Gasteiger partial charge >= 0.3 is 5.69 Å². The van der Waals surface area contributed by atoms with Gasteiger partial charge in [0.15, 0.2) is 0 Å². The predicted octanol–water partition coefficient (Wildman–Crippen LogP) is 3.43. The van der Waals surface area contributed by atoms with Gasteiger partial charge in [0, 0.05) is 31.3 Å². The SMILES string of the molecule is Cn1c(=O)n(C)c2cc(NC(=O)C3CCN(Cc4nc(-c5ccccc5Cl)no4)CC3)ccc21. The number of carbonyl (C=O) groups is 1. The van der Waals surface area contributed by atoms with E-state index in [2.05, 4.69) is 20.4 Å². The predicted molar refractivity (Wildman–Crippen MR) is 130 cm³/mol. The number of benzene rings is 2. The van der Waals surface area contributed by atoms with Gasteiger partial charge in [0.25, 0.3) is 0 Å². The fraction of sp³-hybridized carbons (Fsp3) is 0.333. The Balaban J connectivity index is 1.18. The summed E-state index contributed by atoms with van der Waals surface area (Å²) in [5, 5.41) is 7.65. The molecule has 3 heterocycles. The summed E-state index contributed by atoms with van der Waals surface area (Å²) in [5.41, 5.74) is 2.96. The van der Waals surface area contributed by atoms with Crippen LogP contribution in [0, 0.1) is 5.92 Å². The highest BCUT2D eigenvalue weighted by atomic mass is 35.5. The molecule has 4 aromatic rings. The van der Waals surface area contributed by atoms with Crippen molar-refractivity contribution in [3.8, 4) is 11.4 Å². The third kappa shape index (κ3) is 4.24. The average molecular weight is 481 g/mol. The van der Waals surface area contributed by atoms with Crippen molar-refractivity contribution in [2.45, 2.75) is 19.4 Å². The number of nitrogens with one attached hydrogen (secondary N) is 1. The van der Waals surface area contributed by atoms with Crippen LogP contribution in [0.5, 0.6) is 0 Å². The lowest BCUT2D eigenvalue weighted by molar-refractivity contribution is -0.121. The number of rotatable bonds is 5. The molecule has 0 bridgehead atoms. The maximum absolute atomic E-state index is 12.9. The molecule has 1 aliphatic rings. The van der Waals surface area contributed by atoms with Gasteiger partial charge in [-0.05, 0) is 56.3 Å². The first-order valence-corrected chi connectivity index (χ1v) is 11.5. The molecule has 1 amide bonds. The van der Waals surface area contributed by atoms with Gasteiger partial charge in [-0.1, -0.05) is 28.9 Å². The highest BCUT2D eigenvalue weighted by Crippen LogP contribution is 2.26. The van der Waals surface area contributed by atoms with Gasteiger partial charge < -0.3 is 9.84 Å². The Labute approximate surface area is 200 Å². The molecule has 176 valence electrons. The van der Waals surface area contributed by atoms with E-state index in [9.17, 15) is 9.59 Å². The van der Waals surface area contributed by atoms with Gasteiger partial charge in [-0.3, -0.25) is 18.8 Å². The maximum atomic E-state index is 12.9. The van der Waals surface area contributed by atoms with Gasteiger partial charge in [-0.15, -0.1) is 0 Å². The van der Waals surface area contributed by atoms with Crippen LogP contribution in [0.4, 0.5) is 5.69 Å². The normalized spacial score (nSPS) is 15.1. The van der Waals surface area contributed by atoms with Crippen LogP contribution in [-0.2, 0) is 25.4 Å². The number of aromatic nitrogens is 4. The molecule has 0 radical (unpaired) electrons. The van der Waals surface area contributed by atoms with Crippen LogP contribution in [0.25, 0.3) is 22.4 Å². The van der Waals surface area contributed by atoms with Crippen molar-refractivity contribution in [1.29, 1.82) is 0 Å². The van der Waals surface area contributed by atoms with E-state index in [1.165, 1.54) is 0 Å². The number of carbonyl (C=O) groups excluding carboxylic acids is 1. The molecule has 1 N–H and O–H groups in total. The summed E-state index contributed by atoms with van der Waals surface area (Å²) in [6.07, 6.45) is 1.48. The van der Waals surface area contributed by atoms with Crippen molar-refractivity contribution in [3.05, 3.63) is 63.9 Å². The molecule has 10 heteroatoms. The molecule has 1 saturated heterocycles. The second-order valence-corrected chi connectivity index (χ2v) is 9.04. The Kier molecular flexibility index (Phi) is 5.97. The van der Waals surface area contributed by atoms with Gasteiger partial charge in [0.05, 0.1) is 22.6 Å². The first-order valence-electron chi connectivity index (χ1n) is 11.2. The van der Waals surface area contributed by atoms with Gasteiger partial charge in [-0.25, -0.2) is 4.79 Å². The van der Waals surface area contributed by atoms with E-state index in [-0.39, 0.29) is 17.5 Å². The highest BCUT2D eigenvalue weighted by molar-refractivity contribution is 6.33. The lowest BCUT2D eigenvalue weighted by Crippen LogP contribution is -2.37. The van der Waals surface area contributed by atoms with E-state index < -0.39 is 0 Å². The Morgan fingerprint density at radius 1 is 1.12 bits per heavy atom. The van der Waals surface area contributed by atoms with Gasteiger partial charge in [0.1, 0.15) is 0 Å². The number of fused-ring (bicyclic) bond motifs is 1. The van der Waals surface area contributed by atoms with Crippen molar-refractivity contribution in [2.75, 3.05) is 18.4 Å². The van der Waals surface area contributed by atoms with E-state index in [0.29, 0.717) is 29.0 Å². The van der Waals surface area contributed by atoms with Crippen LogP contribution in [0.1, 0.15) is 18.7 Å². The Morgan fingerprint density at radius 2 is 1.85 bits per heavy atom. The smallest absolute Gasteiger partial charge is 0.328 e. The molecule has 5 rings (SSSR count).